The topological polar surface area (TPSA) is 38.7 Å². The molecule has 27 heavy (non-hydrogen) atoms. The Morgan fingerprint density at radius 3 is 2.33 bits per heavy atom. The van der Waals surface area contributed by atoms with Crippen LogP contribution in [0.15, 0.2) is 66.7 Å². The molecular weight excluding hydrogens is 351 g/mol. The van der Waals surface area contributed by atoms with Crippen molar-refractivity contribution >= 4 is 10.9 Å². The van der Waals surface area contributed by atoms with Gasteiger partial charge in [-0.1, -0.05) is 36.4 Å². The number of pyridine rings is 1. The summed E-state index contributed by atoms with van der Waals surface area (Å²) < 4.78 is 39.4. The molecule has 0 bridgehead atoms. The number of hydrogen-bond acceptors (Lipinski definition) is 3. The van der Waals surface area contributed by atoms with Crippen molar-refractivity contribution in [1.29, 1.82) is 0 Å². The normalized spacial score (nSPS) is 11.7. The maximum absolute atomic E-state index is 13.1. The zero-order valence-corrected chi connectivity index (χ0v) is 14.3. The Bertz CT molecular complexity index is 1140. The first-order valence-corrected chi connectivity index (χ1v) is 8.30. The smallest absolute Gasteiger partial charge is 0.250 e. The zero-order chi connectivity index (χ0) is 19.0. The van der Waals surface area contributed by atoms with Crippen LogP contribution in [0.25, 0.3) is 33.7 Å². The van der Waals surface area contributed by atoms with Crippen molar-refractivity contribution in [2.24, 2.45) is 0 Å². The summed E-state index contributed by atoms with van der Waals surface area (Å²) in [6, 6.07) is 17.9. The summed E-state index contributed by atoms with van der Waals surface area (Å²) in [5, 5.41) is 0.688. The molecule has 0 atom stereocenters. The fraction of sp³-hybridized carbons (Fsp3) is 0.0952. The lowest BCUT2D eigenvalue weighted by Gasteiger charge is -2.11. The van der Waals surface area contributed by atoms with Crippen LogP contribution in [0.4, 0.5) is 13.2 Å². The molecule has 2 aromatic heterocycles. The van der Waals surface area contributed by atoms with Crippen molar-refractivity contribution in [3.05, 3.63) is 78.0 Å². The predicted octanol–water partition coefficient (Wildman–Crippen LogP) is 5.69. The van der Waals surface area contributed by atoms with E-state index >= 15 is 0 Å². The first kappa shape index (κ1) is 17.1. The lowest BCUT2D eigenvalue weighted by atomic mass is 10.0. The maximum atomic E-state index is 13.1. The van der Waals surface area contributed by atoms with E-state index in [1.807, 2.05) is 37.3 Å². The Morgan fingerprint density at radius 1 is 0.778 bits per heavy atom. The van der Waals surface area contributed by atoms with Gasteiger partial charge < -0.3 is 0 Å². The minimum absolute atomic E-state index is 0.379. The number of aromatic nitrogens is 3. The largest absolute Gasteiger partial charge is 0.416 e. The Hall–Kier alpha value is -3.28. The van der Waals surface area contributed by atoms with Gasteiger partial charge in [-0.05, 0) is 37.3 Å². The Kier molecular flexibility index (Phi) is 4.11. The molecule has 0 saturated heterocycles. The molecule has 0 radical (unpaired) electrons. The van der Waals surface area contributed by atoms with Crippen LogP contribution in [0.3, 0.4) is 0 Å². The van der Waals surface area contributed by atoms with Crippen LogP contribution in [0, 0.1) is 6.92 Å². The van der Waals surface area contributed by atoms with Crippen LogP contribution in [0.2, 0.25) is 0 Å². The van der Waals surface area contributed by atoms with Crippen molar-refractivity contribution < 1.29 is 13.2 Å². The molecule has 6 heteroatoms. The number of alkyl halides is 3. The number of para-hydroxylation sites is 1. The molecule has 0 aliphatic carbocycles. The summed E-state index contributed by atoms with van der Waals surface area (Å²) in [6.07, 6.45) is -4.42. The number of halogens is 3. The Balaban J connectivity index is 1.97. The summed E-state index contributed by atoms with van der Waals surface area (Å²) in [4.78, 5) is 13.5. The average molecular weight is 365 g/mol. The molecule has 2 aromatic carbocycles. The van der Waals surface area contributed by atoms with E-state index in [4.69, 9.17) is 0 Å². The minimum atomic E-state index is -4.42. The van der Waals surface area contributed by atoms with E-state index in [2.05, 4.69) is 15.0 Å². The molecule has 4 aromatic rings. The van der Waals surface area contributed by atoms with E-state index in [1.165, 1.54) is 6.07 Å². The predicted molar refractivity (Wildman–Crippen MR) is 97.9 cm³/mol. The number of fused-ring (bicyclic) bond motifs is 1. The highest BCUT2D eigenvalue weighted by Gasteiger charge is 2.30. The third kappa shape index (κ3) is 3.38. The second-order valence-corrected chi connectivity index (χ2v) is 6.16. The number of benzene rings is 2. The number of rotatable bonds is 2. The Labute approximate surface area is 153 Å². The molecule has 0 saturated carbocycles. The van der Waals surface area contributed by atoms with E-state index in [0.29, 0.717) is 33.7 Å². The standard InChI is InChI=1S/C21H14F3N3/c1-13-6-4-11-18(25-13)20-26-17-10-3-2-9-16(17)19(27-20)14-7-5-8-15(12-14)21(22,23)24/h2-12H,1H3. The highest BCUT2D eigenvalue weighted by Crippen LogP contribution is 2.34. The molecule has 134 valence electrons. The van der Waals surface area contributed by atoms with Crippen LogP contribution < -0.4 is 0 Å². The van der Waals surface area contributed by atoms with Crippen LogP contribution in [-0.4, -0.2) is 15.0 Å². The van der Waals surface area contributed by atoms with Crippen molar-refractivity contribution in [2.75, 3.05) is 0 Å². The van der Waals surface area contributed by atoms with E-state index in [0.717, 1.165) is 17.8 Å². The van der Waals surface area contributed by atoms with E-state index in [-0.39, 0.29) is 0 Å². The molecule has 0 aliphatic heterocycles. The summed E-state index contributed by atoms with van der Waals surface area (Å²) in [5.41, 5.74) is 2.16. The monoisotopic (exact) mass is 365 g/mol. The lowest BCUT2D eigenvalue weighted by molar-refractivity contribution is -0.137. The van der Waals surface area contributed by atoms with Gasteiger partial charge in [0.2, 0.25) is 0 Å². The van der Waals surface area contributed by atoms with Gasteiger partial charge in [0.25, 0.3) is 0 Å². The minimum Gasteiger partial charge on any atom is -0.250 e. The molecule has 0 amide bonds. The molecular formula is C21H14F3N3. The summed E-state index contributed by atoms with van der Waals surface area (Å²) in [6.45, 7) is 1.86. The molecule has 0 aliphatic rings. The SMILES string of the molecule is Cc1cccc(-c2nc(-c3cccc(C(F)(F)F)c3)c3ccccc3n2)n1. The quantitative estimate of drug-likeness (QED) is 0.458. The van der Waals surface area contributed by atoms with Gasteiger partial charge in [0, 0.05) is 16.6 Å². The van der Waals surface area contributed by atoms with Crippen molar-refractivity contribution in [3.8, 4) is 22.8 Å². The van der Waals surface area contributed by atoms with Crippen molar-refractivity contribution in [3.63, 3.8) is 0 Å². The highest BCUT2D eigenvalue weighted by atomic mass is 19.4. The number of nitrogens with zero attached hydrogens (tertiary/aromatic N) is 3. The van der Waals surface area contributed by atoms with Crippen LogP contribution in [-0.2, 0) is 6.18 Å². The van der Waals surface area contributed by atoms with E-state index in [9.17, 15) is 13.2 Å². The van der Waals surface area contributed by atoms with Crippen LogP contribution >= 0.6 is 0 Å². The summed E-state index contributed by atoms with van der Waals surface area (Å²) in [7, 11) is 0. The molecule has 0 fully saturated rings. The second kappa shape index (κ2) is 6.46. The van der Waals surface area contributed by atoms with Gasteiger partial charge in [0.15, 0.2) is 5.82 Å². The van der Waals surface area contributed by atoms with Crippen LogP contribution in [0.1, 0.15) is 11.3 Å². The van der Waals surface area contributed by atoms with Gasteiger partial charge in [0.05, 0.1) is 16.8 Å². The fourth-order valence-corrected chi connectivity index (χ4v) is 2.92. The molecule has 0 spiro atoms. The first-order chi connectivity index (χ1) is 12.9. The van der Waals surface area contributed by atoms with Crippen LogP contribution in [0.5, 0.6) is 0 Å². The Morgan fingerprint density at radius 2 is 1.56 bits per heavy atom. The number of aryl methyl sites for hydroxylation is 1. The molecule has 4 rings (SSSR count). The van der Waals surface area contributed by atoms with Gasteiger partial charge in [-0.25, -0.2) is 15.0 Å². The lowest BCUT2D eigenvalue weighted by Crippen LogP contribution is -2.05. The highest BCUT2D eigenvalue weighted by molar-refractivity contribution is 5.93. The summed E-state index contributed by atoms with van der Waals surface area (Å²) in [5.74, 6) is 0.379. The van der Waals surface area contributed by atoms with Gasteiger partial charge in [0.1, 0.15) is 5.69 Å². The second-order valence-electron chi connectivity index (χ2n) is 6.16. The first-order valence-electron chi connectivity index (χ1n) is 8.30. The average Bonchev–Trinajstić information content (AvgIpc) is 2.66. The number of hydrogen-bond donors (Lipinski definition) is 0. The zero-order valence-electron chi connectivity index (χ0n) is 14.3. The van der Waals surface area contributed by atoms with Gasteiger partial charge in [-0.3, -0.25) is 0 Å². The van der Waals surface area contributed by atoms with E-state index < -0.39 is 11.7 Å². The maximum Gasteiger partial charge on any atom is 0.416 e. The van der Waals surface area contributed by atoms with Gasteiger partial charge in [-0.15, -0.1) is 0 Å². The van der Waals surface area contributed by atoms with E-state index in [1.54, 1.807) is 18.2 Å². The third-order valence-corrected chi connectivity index (χ3v) is 4.18. The molecule has 2 heterocycles. The molecule has 0 unspecified atom stereocenters. The van der Waals surface area contributed by atoms with Gasteiger partial charge >= 0.3 is 6.18 Å². The summed E-state index contributed by atoms with van der Waals surface area (Å²) >= 11 is 0. The van der Waals surface area contributed by atoms with Gasteiger partial charge in [-0.2, -0.15) is 13.2 Å². The van der Waals surface area contributed by atoms with Crippen molar-refractivity contribution in [1.82, 2.24) is 15.0 Å². The van der Waals surface area contributed by atoms with Crippen molar-refractivity contribution in [2.45, 2.75) is 13.1 Å². The molecule has 3 nitrogen and oxygen atoms in total. The molecule has 0 N–H and O–H groups in total. The fourth-order valence-electron chi connectivity index (χ4n) is 2.92. The third-order valence-electron chi connectivity index (χ3n) is 4.18.